The Morgan fingerprint density at radius 3 is 2.69 bits per heavy atom. The van der Waals surface area contributed by atoms with Crippen LogP contribution in [0.1, 0.15) is 6.42 Å². The van der Waals surface area contributed by atoms with Crippen molar-refractivity contribution in [3.8, 4) is 0 Å². The van der Waals surface area contributed by atoms with E-state index in [9.17, 15) is 0 Å². The molecule has 0 aromatic heterocycles. The average Bonchev–Trinajstić information content (AvgIpc) is 2.21. The summed E-state index contributed by atoms with van der Waals surface area (Å²) < 4.78 is 0. The Labute approximate surface area is 80.2 Å². The number of rotatable bonds is 2. The van der Waals surface area contributed by atoms with Crippen LogP contribution in [0, 0.1) is 0 Å². The van der Waals surface area contributed by atoms with Crippen molar-refractivity contribution in [1.82, 2.24) is 15.5 Å². The summed E-state index contributed by atoms with van der Waals surface area (Å²) in [5.74, 6) is 0. The van der Waals surface area contributed by atoms with Gasteiger partial charge in [-0.3, -0.25) is 4.90 Å². The molecule has 3 heteroatoms. The molecule has 0 bridgehead atoms. The Hall–Kier alpha value is -0.380. The molecule has 0 aromatic rings. The molecule has 2 aliphatic heterocycles. The average molecular weight is 181 g/mol. The van der Waals surface area contributed by atoms with Crippen molar-refractivity contribution in [1.29, 1.82) is 0 Å². The Morgan fingerprint density at radius 2 is 2.00 bits per heavy atom. The van der Waals surface area contributed by atoms with Crippen LogP contribution < -0.4 is 10.6 Å². The topological polar surface area (TPSA) is 27.3 Å². The molecule has 0 aromatic carbocycles. The molecular weight excluding hydrogens is 162 g/mol. The number of hydrogen-bond donors (Lipinski definition) is 2. The summed E-state index contributed by atoms with van der Waals surface area (Å²) in [7, 11) is 0. The highest BCUT2D eigenvalue weighted by Gasteiger charge is 2.11. The van der Waals surface area contributed by atoms with Crippen molar-refractivity contribution in [3.63, 3.8) is 0 Å². The van der Waals surface area contributed by atoms with Gasteiger partial charge in [0.25, 0.3) is 0 Å². The van der Waals surface area contributed by atoms with Gasteiger partial charge in [0.1, 0.15) is 0 Å². The van der Waals surface area contributed by atoms with Crippen LogP contribution in [0.4, 0.5) is 0 Å². The zero-order valence-electron chi connectivity index (χ0n) is 8.18. The summed E-state index contributed by atoms with van der Waals surface area (Å²) in [6.07, 6.45) is 3.61. The first kappa shape index (κ1) is 9.19. The third kappa shape index (κ3) is 2.79. The Kier molecular flexibility index (Phi) is 3.35. The molecule has 2 aliphatic rings. The minimum absolute atomic E-state index is 1.10. The van der Waals surface area contributed by atoms with E-state index in [1.807, 2.05) is 0 Å². The quantitative estimate of drug-likeness (QED) is 0.578. The Bertz CT molecular complexity index is 183. The first-order valence-electron chi connectivity index (χ1n) is 5.27. The zero-order chi connectivity index (χ0) is 8.93. The lowest BCUT2D eigenvalue weighted by Crippen LogP contribution is -2.45. The van der Waals surface area contributed by atoms with Gasteiger partial charge in [-0.25, -0.2) is 0 Å². The molecule has 2 heterocycles. The fraction of sp³-hybridized carbons (Fsp3) is 0.800. The summed E-state index contributed by atoms with van der Waals surface area (Å²) in [5.41, 5.74) is 1.58. The van der Waals surface area contributed by atoms with Crippen molar-refractivity contribution in [2.75, 3.05) is 45.8 Å². The highest BCUT2D eigenvalue weighted by molar-refractivity contribution is 5.09. The second-order valence-electron chi connectivity index (χ2n) is 3.85. The van der Waals surface area contributed by atoms with Gasteiger partial charge in [0.15, 0.2) is 0 Å². The largest absolute Gasteiger partial charge is 0.314 e. The van der Waals surface area contributed by atoms with Gasteiger partial charge < -0.3 is 10.6 Å². The van der Waals surface area contributed by atoms with E-state index in [0.29, 0.717) is 0 Å². The van der Waals surface area contributed by atoms with E-state index in [1.54, 1.807) is 5.57 Å². The third-order valence-electron chi connectivity index (χ3n) is 2.74. The molecular formula is C10H19N3. The van der Waals surface area contributed by atoms with Gasteiger partial charge >= 0.3 is 0 Å². The SMILES string of the molecule is C1=C(CN2CCNCC2)CNCC1. The fourth-order valence-electron chi connectivity index (χ4n) is 1.98. The lowest BCUT2D eigenvalue weighted by atomic mass is 10.1. The van der Waals surface area contributed by atoms with Crippen LogP contribution in [0.3, 0.4) is 0 Å². The summed E-state index contributed by atoms with van der Waals surface area (Å²) in [6.45, 7) is 8.15. The lowest BCUT2D eigenvalue weighted by molar-refractivity contribution is 0.257. The molecule has 0 saturated carbocycles. The van der Waals surface area contributed by atoms with Gasteiger partial charge in [0, 0.05) is 39.3 Å². The molecule has 0 atom stereocenters. The molecule has 3 nitrogen and oxygen atoms in total. The maximum Gasteiger partial charge on any atom is 0.0206 e. The Morgan fingerprint density at radius 1 is 1.15 bits per heavy atom. The second-order valence-corrected chi connectivity index (χ2v) is 3.85. The van der Waals surface area contributed by atoms with Crippen LogP contribution in [0.5, 0.6) is 0 Å². The van der Waals surface area contributed by atoms with Crippen LogP contribution in [0.2, 0.25) is 0 Å². The van der Waals surface area contributed by atoms with Gasteiger partial charge in [-0.2, -0.15) is 0 Å². The molecule has 1 saturated heterocycles. The van der Waals surface area contributed by atoms with E-state index in [1.165, 1.54) is 26.1 Å². The molecule has 0 spiro atoms. The normalized spacial score (nSPS) is 25.7. The van der Waals surface area contributed by atoms with Gasteiger partial charge in [-0.1, -0.05) is 6.08 Å². The van der Waals surface area contributed by atoms with Gasteiger partial charge in [0.2, 0.25) is 0 Å². The van der Waals surface area contributed by atoms with Gasteiger partial charge in [-0.05, 0) is 18.5 Å². The van der Waals surface area contributed by atoms with Crippen molar-refractivity contribution < 1.29 is 0 Å². The molecule has 0 radical (unpaired) electrons. The minimum atomic E-state index is 1.10. The number of nitrogens with zero attached hydrogens (tertiary/aromatic N) is 1. The van der Waals surface area contributed by atoms with Gasteiger partial charge in [0.05, 0.1) is 0 Å². The standard InChI is InChI=1S/C10H19N3/c1-2-10(8-12-3-1)9-13-6-4-11-5-7-13/h2,11-12H,1,3-9H2. The zero-order valence-corrected chi connectivity index (χ0v) is 8.18. The summed E-state index contributed by atoms with van der Waals surface area (Å²) in [4.78, 5) is 2.54. The monoisotopic (exact) mass is 181 g/mol. The maximum atomic E-state index is 3.41. The summed E-state index contributed by atoms with van der Waals surface area (Å²) >= 11 is 0. The fourth-order valence-corrected chi connectivity index (χ4v) is 1.98. The molecule has 1 fully saturated rings. The Balaban J connectivity index is 1.78. The van der Waals surface area contributed by atoms with E-state index < -0.39 is 0 Å². The molecule has 0 amide bonds. The van der Waals surface area contributed by atoms with E-state index >= 15 is 0 Å². The van der Waals surface area contributed by atoms with E-state index in [-0.39, 0.29) is 0 Å². The van der Waals surface area contributed by atoms with E-state index in [4.69, 9.17) is 0 Å². The van der Waals surface area contributed by atoms with Crippen LogP contribution in [0.15, 0.2) is 11.6 Å². The predicted molar refractivity (Wildman–Crippen MR) is 54.9 cm³/mol. The van der Waals surface area contributed by atoms with E-state index in [2.05, 4.69) is 21.6 Å². The maximum absolute atomic E-state index is 3.41. The van der Waals surface area contributed by atoms with Gasteiger partial charge in [-0.15, -0.1) is 0 Å². The van der Waals surface area contributed by atoms with Crippen LogP contribution >= 0.6 is 0 Å². The van der Waals surface area contributed by atoms with Crippen LogP contribution in [-0.2, 0) is 0 Å². The molecule has 2 N–H and O–H groups in total. The molecule has 0 aliphatic carbocycles. The molecule has 0 unspecified atom stereocenters. The smallest absolute Gasteiger partial charge is 0.0206 e. The first-order valence-corrected chi connectivity index (χ1v) is 5.27. The van der Waals surface area contributed by atoms with Crippen molar-refractivity contribution in [2.24, 2.45) is 0 Å². The highest BCUT2D eigenvalue weighted by atomic mass is 15.2. The predicted octanol–water partition coefficient (Wildman–Crippen LogP) is -0.189. The third-order valence-corrected chi connectivity index (χ3v) is 2.74. The summed E-state index contributed by atoms with van der Waals surface area (Å²) in [6, 6.07) is 0. The number of nitrogens with one attached hydrogen (secondary N) is 2. The van der Waals surface area contributed by atoms with Crippen LogP contribution in [-0.4, -0.2) is 50.7 Å². The number of hydrogen-bond acceptors (Lipinski definition) is 3. The lowest BCUT2D eigenvalue weighted by Gasteiger charge is -2.29. The van der Waals surface area contributed by atoms with E-state index in [0.717, 1.165) is 26.2 Å². The molecule has 2 rings (SSSR count). The van der Waals surface area contributed by atoms with Crippen molar-refractivity contribution in [3.05, 3.63) is 11.6 Å². The first-order chi connectivity index (χ1) is 6.45. The summed E-state index contributed by atoms with van der Waals surface area (Å²) in [5, 5.41) is 6.79. The number of piperazine rings is 1. The molecule has 13 heavy (non-hydrogen) atoms. The van der Waals surface area contributed by atoms with Crippen LogP contribution in [0.25, 0.3) is 0 Å². The highest BCUT2D eigenvalue weighted by Crippen LogP contribution is 2.04. The molecule has 74 valence electrons. The second kappa shape index (κ2) is 4.74. The van der Waals surface area contributed by atoms with Crippen molar-refractivity contribution in [2.45, 2.75) is 6.42 Å². The van der Waals surface area contributed by atoms with Crippen molar-refractivity contribution >= 4 is 0 Å². The minimum Gasteiger partial charge on any atom is -0.314 e.